The average molecular weight is 565 g/mol. The van der Waals surface area contributed by atoms with Crippen molar-refractivity contribution in [2.45, 2.75) is 26.1 Å². The molecular formula is C22H30F2IN3O4. The van der Waals surface area contributed by atoms with Gasteiger partial charge in [-0.3, -0.25) is 4.99 Å². The molecule has 0 bridgehead atoms. The molecule has 0 radical (unpaired) electrons. The van der Waals surface area contributed by atoms with Crippen molar-refractivity contribution in [3.63, 3.8) is 0 Å². The largest absolute Gasteiger partial charge is 0.497 e. The molecule has 0 amide bonds. The highest BCUT2D eigenvalue weighted by Gasteiger charge is 2.09. The third-order valence-corrected chi connectivity index (χ3v) is 4.20. The lowest BCUT2D eigenvalue weighted by atomic mass is 10.1. The Bertz CT molecular complexity index is 793. The molecule has 10 heteroatoms. The fraction of sp³-hybridized carbons (Fsp3) is 0.409. The lowest BCUT2D eigenvalue weighted by Crippen LogP contribution is -2.38. The van der Waals surface area contributed by atoms with Crippen LogP contribution >= 0.6 is 24.0 Å². The van der Waals surface area contributed by atoms with E-state index in [9.17, 15) is 13.9 Å². The number of nitrogens with one attached hydrogen (secondary N) is 2. The maximum atomic E-state index is 12.2. The van der Waals surface area contributed by atoms with Gasteiger partial charge in [0.05, 0.1) is 26.4 Å². The summed E-state index contributed by atoms with van der Waals surface area (Å²) in [6.07, 6.45) is -0.112. The van der Waals surface area contributed by atoms with E-state index < -0.39 is 12.7 Å². The summed E-state index contributed by atoms with van der Waals surface area (Å²) in [6, 6.07) is 13.2. The third-order valence-electron chi connectivity index (χ3n) is 4.20. The molecule has 178 valence electrons. The number of rotatable bonds is 12. The molecule has 0 saturated carbocycles. The topological polar surface area (TPSA) is 84.3 Å². The van der Waals surface area contributed by atoms with E-state index in [0.717, 1.165) is 17.9 Å². The summed E-state index contributed by atoms with van der Waals surface area (Å²) in [5.74, 6) is 2.17. The van der Waals surface area contributed by atoms with E-state index in [1.807, 2.05) is 31.2 Å². The Kier molecular flexibility index (Phi) is 13.4. The van der Waals surface area contributed by atoms with Gasteiger partial charge in [0, 0.05) is 13.1 Å². The number of halogens is 3. The highest BCUT2D eigenvalue weighted by atomic mass is 127. The second-order valence-electron chi connectivity index (χ2n) is 6.49. The molecule has 32 heavy (non-hydrogen) atoms. The highest BCUT2D eigenvalue weighted by Crippen LogP contribution is 2.19. The molecule has 0 fully saturated rings. The number of guanidine groups is 1. The van der Waals surface area contributed by atoms with Crippen molar-refractivity contribution in [1.29, 1.82) is 0 Å². The van der Waals surface area contributed by atoms with Crippen LogP contribution in [0.1, 0.15) is 25.0 Å². The van der Waals surface area contributed by atoms with Crippen molar-refractivity contribution < 1.29 is 28.1 Å². The van der Waals surface area contributed by atoms with Gasteiger partial charge < -0.3 is 30.0 Å². The van der Waals surface area contributed by atoms with Gasteiger partial charge in [0.1, 0.15) is 17.2 Å². The Hall–Kier alpha value is -2.34. The Morgan fingerprint density at radius 3 is 2.22 bits per heavy atom. The summed E-state index contributed by atoms with van der Waals surface area (Å²) in [6.45, 7) is 1.03. The van der Waals surface area contributed by atoms with Crippen LogP contribution in [0.4, 0.5) is 8.78 Å². The second kappa shape index (κ2) is 15.5. The molecule has 1 atom stereocenters. The first-order valence-electron chi connectivity index (χ1n) is 10.0. The van der Waals surface area contributed by atoms with E-state index in [2.05, 4.69) is 20.4 Å². The number of benzene rings is 2. The number of aliphatic hydroxyl groups is 1. The Morgan fingerprint density at radius 1 is 1.00 bits per heavy atom. The molecule has 0 aliphatic carbocycles. The molecule has 7 nitrogen and oxygen atoms in total. The monoisotopic (exact) mass is 565 g/mol. The minimum Gasteiger partial charge on any atom is -0.497 e. The van der Waals surface area contributed by atoms with Crippen LogP contribution in [0.15, 0.2) is 53.5 Å². The highest BCUT2D eigenvalue weighted by molar-refractivity contribution is 14.0. The van der Waals surface area contributed by atoms with Crippen LogP contribution in [0.2, 0.25) is 0 Å². The van der Waals surface area contributed by atoms with Gasteiger partial charge in [-0.05, 0) is 55.3 Å². The third kappa shape index (κ3) is 10.3. The summed E-state index contributed by atoms with van der Waals surface area (Å²) in [5, 5.41) is 16.6. The summed E-state index contributed by atoms with van der Waals surface area (Å²) in [7, 11) is 1.62. The molecule has 0 aliphatic heterocycles. The number of aliphatic hydroxyl groups excluding tert-OH is 1. The maximum absolute atomic E-state index is 12.2. The van der Waals surface area contributed by atoms with Crippen molar-refractivity contribution in [3.05, 3.63) is 54.1 Å². The molecule has 3 N–H and O–H groups in total. The predicted octanol–water partition coefficient (Wildman–Crippen LogP) is 3.97. The number of hydrogen-bond donors (Lipinski definition) is 3. The van der Waals surface area contributed by atoms with Crippen molar-refractivity contribution in [2.75, 3.05) is 33.4 Å². The van der Waals surface area contributed by atoms with Gasteiger partial charge in [-0.25, -0.2) is 0 Å². The van der Waals surface area contributed by atoms with Gasteiger partial charge in [-0.2, -0.15) is 8.78 Å². The first-order chi connectivity index (χ1) is 15.0. The van der Waals surface area contributed by atoms with E-state index in [4.69, 9.17) is 9.47 Å². The number of aliphatic imine (C=N–C) groups is 1. The Balaban J connectivity index is 0.00000512. The lowest BCUT2D eigenvalue weighted by molar-refractivity contribution is -0.0498. The molecule has 2 aromatic rings. The minimum atomic E-state index is -2.88. The molecule has 1 unspecified atom stereocenters. The van der Waals surface area contributed by atoms with E-state index in [-0.39, 0.29) is 36.3 Å². The first-order valence-corrected chi connectivity index (χ1v) is 10.0. The van der Waals surface area contributed by atoms with Crippen LogP contribution in [-0.2, 0) is 0 Å². The summed E-state index contributed by atoms with van der Waals surface area (Å²) >= 11 is 0. The minimum absolute atomic E-state index is 0. The van der Waals surface area contributed by atoms with E-state index in [0.29, 0.717) is 31.2 Å². The maximum Gasteiger partial charge on any atom is 0.387 e. The number of ether oxygens (including phenoxy) is 3. The van der Waals surface area contributed by atoms with Crippen LogP contribution in [0, 0.1) is 0 Å². The number of methoxy groups -OCH3 is 1. The predicted molar refractivity (Wildman–Crippen MR) is 131 cm³/mol. The van der Waals surface area contributed by atoms with Crippen molar-refractivity contribution >= 4 is 29.9 Å². The van der Waals surface area contributed by atoms with Gasteiger partial charge in [0.2, 0.25) is 0 Å². The normalized spacial score (nSPS) is 12.0. The molecule has 0 heterocycles. The van der Waals surface area contributed by atoms with Crippen molar-refractivity contribution in [3.8, 4) is 17.2 Å². The second-order valence-corrected chi connectivity index (χ2v) is 6.49. The molecule has 2 rings (SSSR count). The summed E-state index contributed by atoms with van der Waals surface area (Å²) in [5.41, 5.74) is 0.564. The quantitative estimate of drug-likeness (QED) is 0.156. The van der Waals surface area contributed by atoms with Crippen LogP contribution in [-0.4, -0.2) is 51.0 Å². The SMILES string of the molecule is CCNC(=NCC(O)c1ccc(OC(F)F)cc1)NCCCOc1ccc(OC)cc1.I. The van der Waals surface area contributed by atoms with Gasteiger partial charge in [-0.15, -0.1) is 24.0 Å². The zero-order valence-corrected chi connectivity index (χ0v) is 20.4. The van der Waals surface area contributed by atoms with Crippen LogP contribution in [0.5, 0.6) is 17.2 Å². The van der Waals surface area contributed by atoms with Crippen molar-refractivity contribution in [1.82, 2.24) is 10.6 Å². The zero-order chi connectivity index (χ0) is 22.5. The fourth-order valence-electron chi connectivity index (χ4n) is 2.64. The molecular weight excluding hydrogens is 535 g/mol. The number of alkyl halides is 2. The average Bonchev–Trinajstić information content (AvgIpc) is 2.77. The van der Waals surface area contributed by atoms with Crippen molar-refractivity contribution in [2.24, 2.45) is 4.99 Å². The molecule has 0 spiro atoms. The molecule has 0 aliphatic rings. The van der Waals surface area contributed by atoms with Gasteiger partial charge in [0.25, 0.3) is 0 Å². The smallest absolute Gasteiger partial charge is 0.387 e. The zero-order valence-electron chi connectivity index (χ0n) is 18.1. The van der Waals surface area contributed by atoms with Crippen LogP contribution in [0.25, 0.3) is 0 Å². The number of hydrogen-bond acceptors (Lipinski definition) is 5. The summed E-state index contributed by atoms with van der Waals surface area (Å²) in [4.78, 5) is 4.37. The molecule has 2 aromatic carbocycles. The van der Waals surface area contributed by atoms with Gasteiger partial charge in [-0.1, -0.05) is 12.1 Å². The van der Waals surface area contributed by atoms with Gasteiger partial charge in [0.15, 0.2) is 5.96 Å². The van der Waals surface area contributed by atoms with Gasteiger partial charge >= 0.3 is 6.61 Å². The Morgan fingerprint density at radius 2 is 1.62 bits per heavy atom. The first kappa shape index (κ1) is 27.7. The molecule has 0 aromatic heterocycles. The summed E-state index contributed by atoms with van der Waals surface area (Å²) < 4.78 is 39.5. The van der Waals surface area contributed by atoms with Crippen LogP contribution in [0.3, 0.4) is 0 Å². The van der Waals surface area contributed by atoms with Crippen LogP contribution < -0.4 is 24.8 Å². The van der Waals surface area contributed by atoms with E-state index in [1.54, 1.807) is 7.11 Å². The fourth-order valence-corrected chi connectivity index (χ4v) is 2.64. The van der Waals surface area contributed by atoms with E-state index >= 15 is 0 Å². The Labute approximate surface area is 204 Å². The number of nitrogens with zero attached hydrogens (tertiary/aromatic N) is 1. The standard InChI is InChI=1S/C22H29F2N3O4.HI/c1-3-25-22(26-13-4-14-30-18-11-9-17(29-2)10-12-18)27-15-20(28)16-5-7-19(8-6-16)31-21(23)24;/h5-12,20-21,28H,3-4,13-15H2,1-2H3,(H2,25,26,27);1H. The molecule has 0 saturated heterocycles. The van der Waals surface area contributed by atoms with E-state index in [1.165, 1.54) is 24.3 Å². The lowest BCUT2D eigenvalue weighted by Gasteiger charge is -2.14.